The Bertz CT molecular complexity index is 523. The van der Waals surface area contributed by atoms with E-state index < -0.39 is 5.60 Å². The number of aromatic nitrogens is 1. The molecule has 0 bridgehead atoms. The van der Waals surface area contributed by atoms with Gasteiger partial charge in [-0.1, -0.05) is 25.3 Å². The summed E-state index contributed by atoms with van der Waals surface area (Å²) < 4.78 is 0. The maximum Gasteiger partial charge on any atom is 0.111 e. The smallest absolute Gasteiger partial charge is 0.111 e. The van der Waals surface area contributed by atoms with Gasteiger partial charge in [-0.3, -0.25) is 9.88 Å². The van der Waals surface area contributed by atoms with Crippen LogP contribution in [0.1, 0.15) is 56.2 Å². The van der Waals surface area contributed by atoms with Gasteiger partial charge in [-0.25, -0.2) is 0 Å². The predicted molar refractivity (Wildman–Crippen MR) is 87.5 cm³/mol. The SMILES string of the molecule is Cc1ccc([C@@]2(O)CC[C@@H]3CN(C4CCCCC4)C[C@@H]32)nc1. The Labute approximate surface area is 133 Å². The minimum atomic E-state index is -0.693. The van der Waals surface area contributed by atoms with Crippen LogP contribution in [0, 0.1) is 18.8 Å². The Hall–Kier alpha value is -0.930. The average molecular weight is 300 g/mol. The van der Waals surface area contributed by atoms with Crippen molar-refractivity contribution in [3.63, 3.8) is 0 Å². The van der Waals surface area contributed by atoms with Crippen LogP contribution in [-0.4, -0.2) is 34.1 Å². The molecule has 3 fully saturated rings. The van der Waals surface area contributed by atoms with E-state index in [1.165, 1.54) is 38.6 Å². The Morgan fingerprint density at radius 3 is 2.68 bits per heavy atom. The van der Waals surface area contributed by atoms with Crippen LogP contribution in [-0.2, 0) is 5.60 Å². The summed E-state index contributed by atoms with van der Waals surface area (Å²) >= 11 is 0. The lowest BCUT2D eigenvalue weighted by atomic mass is 9.85. The molecule has 3 heteroatoms. The molecule has 2 aliphatic carbocycles. The van der Waals surface area contributed by atoms with Crippen molar-refractivity contribution in [1.29, 1.82) is 0 Å². The normalized spacial score (nSPS) is 36.6. The second-order valence-electron chi connectivity index (χ2n) is 7.80. The number of likely N-dealkylation sites (tertiary alicyclic amines) is 1. The number of hydrogen-bond donors (Lipinski definition) is 1. The van der Waals surface area contributed by atoms with Gasteiger partial charge in [0.25, 0.3) is 0 Å². The molecule has 3 atom stereocenters. The topological polar surface area (TPSA) is 36.4 Å². The largest absolute Gasteiger partial charge is 0.383 e. The number of fused-ring (bicyclic) bond motifs is 1. The molecule has 0 unspecified atom stereocenters. The lowest BCUT2D eigenvalue weighted by molar-refractivity contribution is -0.0130. The third-order valence-electron chi connectivity index (χ3n) is 6.42. The van der Waals surface area contributed by atoms with Gasteiger partial charge < -0.3 is 5.11 Å². The van der Waals surface area contributed by atoms with Gasteiger partial charge >= 0.3 is 0 Å². The van der Waals surface area contributed by atoms with E-state index in [4.69, 9.17) is 0 Å². The molecule has 120 valence electrons. The molecule has 0 spiro atoms. The zero-order valence-electron chi connectivity index (χ0n) is 13.7. The highest BCUT2D eigenvalue weighted by Crippen LogP contribution is 2.50. The Kier molecular flexibility index (Phi) is 3.74. The molecule has 2 heterocycles. The van der Waals surface area contributed by atoms with Gasteiger partial charge in [0.15, 0.2) is 0 Å². The number of nitrogens with zero attached hydrogens (tertiary/aromatic N) is 2. The second-order valence-corrected chi connectivity index (χ2v) is 7.80. The third kappa shape index (κ3) is 2.39. The molecule has 1 aromatic heterocycles. The Morgan fingerprint density at radius 1 is 1.14 bits per heavy atom. The fourth-order valence-electron chi connectivity index (χ4n) is 5.12. The summed E-state index contributed by atoms with van der Waals surface area (Å²) in [6, 6.07) is 4.90. The van der Waals surface area contributed by atoms with E-state index in [1.807, 2.05) is 12.3 Å². The van der Waals surface area contributed by atoms with Crippen molar-refractivity contribution in [1.82, 2.24) is 9.88 Å². The summed E-state index contributed by atoms with van der Waals surface area (Å²) in [6.07, 6.45) is 10.8. The van der Waals surface area contributed by atoms with E-state index in [9.17, 15) is 5.11 Å². The molecule has 1 saturated heterocycles. The molecule has 3 aliphatic rings. The van der Waals surface area contributed by atoms with Gasteiger partial charge in [-0.2, -0.15) is 0 Å². The first kappa shape index (κ1) is 14.6. The van der Waals surface area contributed by atoms with E-state index in [-0.39, 0.29) is 0 Å². The molecule has 2 saturated carbocycles. The summed E-state index contributed by atoms with van der Waals surface area (Å²) in [5, 5.41) is 11.4. The van der Waals surface area contributed by atoms with Crippen LogP contribution in [0.2, 0.25) is 0 Å². The fraction of sp³-hybridized carbons (Fsp3) is 0.737. The van der Waals surface area contributed by atoms with Gasteiger partial charge in [0.2, 0.25) is 0 Å². The van der Waals surface area contributed by atoms with Crippen molar-refractivity contribution in [3.05, 3.63) is 29.6 Å². The highest BCUT2D eigenvalue weighted by Gasteiger charge is 2.53. The zero-order valence-corrected chi connectivity index (χ0v) is 13.7. The molecule has 0 aromatic carbocycles. The van der Waals surface area contributed by atoms with Gasteiger partial charge in [-0.05, 0) is 50.2 Å². The first-order valence-corrected chi connectivity index (χ1v) is 9.06. The molecule has 1 N–H and O–H groups in total. The van der Waals surface area contributed by atoms with Crippen molar-refractivity contribution in [2.45, 2.75) is 63.5 Å². The molecular weight excluding hydrogens is 272 g/mol. The molecule has 0 amide bonds. The maximum atomic E-state index is 11.4. The lowest BCUT2D eigenvalue weighted by Crippen LogP contribution is -2.39. The monoisotopic (exact) mass is 300 g/mol. The van der Waals surface area contributed by atoms with Crippen LogP contribution >= 0.6 is 0 Å². The minimum Gasteiger partial charge on any atom is -0.383 e. The first-order valence-electron chi connectivity index (χ1n) is 9.06. The maximum absolute atomic E-state index is 11.4. The predicted octanol–water partition coefficient (Wildman–Crippen LogP) is 3.25. The van der Waals surface area contributed by atoms with Crippen LogP contribution in [0.3, 0.4) is 0 Å². The Balaban J connectivity index is 1.53. The quantitative estimate of drug-likeness (QED) is 0.911. The Morgan fingerprint density at radius 2 is 1.95 bits per heavy atom. The first-order chi connectivity index (χ1) is 10.7. The van der Waals surface area contributed by atoms with E-state index >= 15 is 0 Å². The number of pyridine rings is 1. The van der Waals surface area contributed by atoms with E-state index in [2.05, 4.69) is 22.9 Å². The summed E-state index contributed by atoms with van der Waals surface area (Å²) in [6.45, 7) is 4.32. The molecular formula is C19H28N2O. The molecule has 3 nitrogen and oxygen atoms in total. The van der Waals surface area contributed by atoms with Crippen LogP contribution < -0.4 is 0 Å². The highest BCUT2D eigenvalue weighted by molar-refractivity contribution is 5.22. The van der Waals surface area contributed by atoms with Crippen molar-refractivity contribution in [3.8, 4) is 0 Å². The second kappa shape index (κ2) is 5.61. The molecule has 1 aromatic rings. The van der Waals surface area contributed by atoms with Crippen molar-refractivity contribution in [2.24, 2.45) is 11.8 Å². The number of rotatable bonds is 2. The van der Waals surface area contributed by atoms with Crippen LogP contribution in [0.15, 0.2) is 18.3 Å². The van der Waals surface area contributed by atoms with Gasteiger partial charge in [0.1, 0.15) is 5.60 Å². The molecule has 1 aliphatic heterocycles. The third-order valence-corrected chi connectivity index (χ3v) is 6.42. The molecule has 22 heavy (non-hydrogen) atoms. The van der Waals surface area contributed by atoms with Crippen LogP contribution in [0.4, 0.5) is 0 Å². The molecule has 0 radical (unpaired) electrons. The zero-order chi connectivity index (χ0) is 15.2. The van der Waals surface area contributed by atoms with Crippen LogP contribution in [0.25, 0.3) is 0 Å². The van der Waals surface area contributed by atoms with E-state index in [0.29, 0.717) is 11.8 Å². The fourth-order valence-corrected chi connectivity index (χ4v) is 5.12. The summed E-state index contributed by atoms with van der Waals surface area (Å²) in [7, 11) is 0. The van der Waals surface area contributed by atoms with Crippen molar-refractivity contribution >= 4 is 0 Å². The number of aliphatic hydroxyl groups is 1. The highest BCUT2D eigenvalue weighted by atomic mass is 16.3. The summed E-state index contributed by atoms with van der Waals surface area (Å²) in [4.78, 5) is 7.25. The van der Waals surface area contributed by atoms with E-state index in [1.54, 1.807) is 0 Å². The van der Waals surface area contributed by atoms with Crippen LogP contribution in [0.5, 0.6) is 0 Å². The summed E-state index contributed by atoms with van der Waals surface area (Å²) in [5.41, 5.74) is 1.37. The van der Waals surface area contributed by atoms with Crippen molar-refractivity contribution < 1.29 is 5.11 Å². The van der Waals surface area contributed by atoms with Crippen molar-refractivity contribution in [2.75, 3.05) is 13.1 Å². The lowest BCUT2D eigenvalue weighted by Gasteiger charge is -2.34. The van der Waals surface area contributed by atoms with Gasteiger partial charge in [-0.15, -0.1) is 0 Å². The van der Waals surface area contributed by atoms with Gasteiger partial charge in [0, 0.05) is 31.2 Å². The summed E-state index contributed by atoms with van der Waals surface area (Å²) in [5.74, 6) is 1.04. The van der Waals surface area contributed by atoms with E-state index in [0.717, 1.165) is 36.7 Å². The standard InChI is InChI=1S/C19H28N2O/c1-14-7-8-18(20-11-14)19(22)10-9-15-12-21(13-17(15)19)16-5-3-2-4-6-16/h7-8,11,15-17,22H,2-6,9-10,12-13H2,1H3/t15-,17+,19-/m1/s1. The minimum absolute atomic E-state index is 0.379. The van der Waals surface area contributed by atoms with Gasteiger partial charge in [0.05, 0.1) is 5.69 Å². The molecule has 4 rings (SSSR count). The average Bonchev–Trinajstić information content (AvgIpc) is 3.11. The number of aryl methyl sites for hydroxylation is 1. The number of hydrogen-bond acceptors (Lipinski definition) is 3.